The predicted molar refractivity (Wildman–Crippen MR) is 125 cm³/mol. The Kier molecular flexibility index (Phi) is 5.60. The third-order valence-corrected chi connectivity index (χ3v) is 5.69. The zero-order valence-electron chi connectivity index (χ0n) is 17.0. The normalized spacial score (nSPS) is 10.8. The zero-order valence-corrected chi connectivity index (χ0v) is 18.6. The van der Waals surface area contributed by atoms with E-state index in [0.29, 0.717) is 11.5 Å². The molecule has 4 aromatic rings. The lowest BCUT2D eigenvalue weighted by atomic mass is 9.88. The minimum absolute atomic E-state index is 0.365. The molecule has 0 aliphatic carbocycles. The van der Waals surface area contributed by atoms with Crippen LogP contribution in [-0.4, -0.2) is 13.1 Å². The van der Waals surface area contributed by atoms with Crippen molar-refractivity contribution in [1.82, 2.24) is 0 Å². The average Bonchev–Trinajstić information content (AvgIpc) is 2.73. The molecule has 0 radical (unpaired) electrons. The molecular weight excluding hydrogens is 440 g/mol. The summed E-state index contributed by atoms with van der Waals surface area (Å²) >= 11 is 3.75. The van der Waals surface area contributed by atoms with Crippen molar-refractivity contribution in [1.29, 1.82) is 0 Å². The molecule has 30 heavy (non-hydrogen) atoms. The fourth-order valence-corrected chi connectivity index (χ4v) is 4.47. The van der Waals surface area contributed by atoms with Crippen LogP contribution in [-0.2, 0) is 4.79 Å². The molecule has 0 bridgehead atoms. The molecule has 0 unspecified atom stereocenters. The van der Waals surface area contributed by atoms with E-state index in [1.165, 1.54) is 6.92 Å². The molecule has 4 rings (SSSR count). The maximum atomic E-state index is 12.0. The lowest BCUT2D eigenvalue weighted by Gasteiger charge is -2.20. The summed E-state index contributed by atoms with van der Waals surface area (Å²) in [5.74, 6) is 0.856. The van der Waals surface area contributed by atoms with Crippen molar-refractivity contribution >= 4 is 32.7 Å². The molecule has 0 aromatic heterocycles. The number of carbonyl (C=O) groups is 1. The Hall–Kier alpha value is -3.11. The van der Waals surface area contributed by atoms with Gasteiger partial charge in [0.1, 0.15) is 11.5 Å². The molecule has 4 aromatic carbocycles. The number of halogens is 1. The van der Waals surface area contributed by atoms with Gasteiger partial charge >= 0.3 is 5.97 Å². The van der Waals surface area contributed by atoms with Crippen molar-refractivity contribution in [2.75, 3.05) is 7.11 Å². The van der Waals surface area contributed by atoms with E-state index >= 15 is 0 Å². The van der Waals surface area contributed by atoms with Crippen molar-refractivity contribution in [3.05, 3.63) is 82.8 Å². The molecule has 0 N–H and O–H groups in total. The van der Waals surface area contributed by atoms with Gasteiger partial charge in [0, 0.05) is 28.1 Å². The Morgan fingerprint density at radius 3 is 2.30 bits per heavy atom. The molecule has 0 saturated carbocycles. The van der Waals surface area contributed by atoms with E-state index in [1.54, 1.807) is 7.11 Å². The molecule has 0 aliphatic heterocycles. The molecule has 0 heterocycles. The van der Waals surface area contributed by atoms with Crippen LogP contribution in [0, 0.1) is 6.92 Å². The van der Waals surface area contributed by atoms with Gasteiger partial charge in [-0.3, -0.25) is 4.79 Å². The molecule has 0 atom stereocenters. The van der Waals surface area contributed by atoms with Crippen molar-refractivity contribution in [3.8, 4) is 33.8 Å². The maximum Gasteiger partial charge on any atom is 0.308 e. The number of esters is 1. The van der Waals surface area contributed by atoms with Gasteiger partial charge in [-0.15, -0.1) is 0 Å². The van der Waals surface area contributed by atoms with Gasteiger partial charge < -0.3 is 9.47 Å². The maximum absolute atomic E-state index is 12.0. The fourth-order valence-electron chi connectivity index (χ4n) is 3.78. The number of ether oxygens (including phenoxy) is 2. The number of para-hydroxylation sites is 1. The highest BCUT2D eigenvalue weighted by Gasteiger charge is 2.22. The van der Waals surface area contributed by atoms with Crippen LogP contribution in [0.2, 0.25) is 0 Å². The highest BCUT2D eigenvalue weighted by Crippen LogP contribution is 2.48. The van der Waals surface area contributed by atoms with Gasteiger partial charge in [-0.2, -0.15) is 0 Å². The van der Waals surface area contributed by atoms with Gasteiger partial charge in [0.05, 0.1) is 7.11 Å². The molecular formula is C26H21BrO3. The largest absolute Gasteiger partial charge is 0.496 e. The van der Waals surface area contributed by atoms with E-state index in [9.17, 15) is 4.79 Å². The second-order valence-electron chi connectivity index (χ2n) is 7.12. The number of methoxy groups -OCH3 is 1. The van der Waals surface area contributed by atoms with Gasteiger partial charge in [-0.25, -0.2) is 0 Å². The van der Waals surface area contributed by atoms with E-state index in [1.807, 2.05) is 48.5 Å². The van der Waals surface area contributed by atoms with Gasteiger partial charge in [0.2, 0.25) is 0 Å². The number of hydrogen-bond acceptors (Lipinski definition) is 3. The van der Waals surface area contributed by atoms with Crippen LogP contribution < -0.4 is 9.47 Å². The molecule has 4 heteroatoms. The summed E-state index contributed by atoms with van der Waals surface area (Å²) in [5, 5.41) is 2.06. The Morgan fingerprint density at radius 1 is 0.833 bits per heavy atom. The van der Waals surface area contributed by atoms with Crippen LogP contribution in [0.25, 0.3) is 33.0 Å². The van der Waals surface area contributed by atoms with Crippen LogP contribution in [0.4, 0.5) is 0 Å². The summed E-state index contributed by atoms with van der Waals surface area (Å²) < 4.78 is 12.4. The number of benzene rings is 4. The van der Waals surface area contributed by atoms with Crippen molar-refractivity contribution < 1.29 is 14.3 Å². The summed E-state index contributed by atoms with van der Waals surface area (Å²) in [6, 6.07) is 24.1. The number of aryl methyl sites for hydroxylation is 1. The zero-order chi connectivity index (χ0) is 21.3. The SMILES string of the molecule is COc1ccccc1-c1c(OC(C)=O)cc2ccccc2c1-c1ccc(C)cc1Br. The monoisotopic (exact) mass is 460 g/mol. The Bertz CT molecular complexity index is 1260. The standard InChI is InChI=1S/C26H21BrO3/c1-16-12-13-20(22(27)14-16)25-19-9-5-4-8-18(19)15-24(30-17(2)28)26(25)21-10-6-7-11-23(21)29-3/h4-15H,1-3H3. The van der Waals surface area contributed by atoms with E-state index in [4.69, 9.17) is 9.47 Å². The first kappa shape index (κ1) is 20.2. The predicted octanol–water partition coefficient (Wildman–Crippen LogP) is 7.18. The Balaban J connectivity index is 2.20. The highest BCUT2D eigenvalue weighted by molar-refractivity contribution is 9.10. The highest BCUT2D eigenvalue weighted by atomic mass is 79.9. The lowest BCUT2D eigenvalue weighted by molar-refractivity contribution is -0.131. The molecule has 150 valence electrons. The molecule has 0 amide bonds. The van der Waals surface area contributed by atoms with Gasteiger partial charge in [0.25, 0.3) is 0 Å². The summed E-state index contributed by atoms with van der Waals surface area (Å²) in [6.45, 7) is 3.48. The third-order valence-electron chi connectivity index (χ3n) is 5.04. The fraction of sp³-hybridized carbons (Fsp3) is 0.115. The van der Waals surface area contributed by atoms with Crippen LogP contribution >= 0.6 is 15.9 Å². The summed E-state index contributed by atoms with van der Waals surface area (Å²) in [6.07, 6.45) is 0. The Labute approximate surface area is 184 Å². The van der Waals surface area contributed by atoms with Gasteiger partial charge in [0.15, 0.2) is 0 Å². The average molecular weight is 461 g/mol. The summed E-state index contributed by atoms with van der Waals surface area (Å²) in [5.41, 5.74) is 4.85. The smallest absolute Gasteiger partial charge is 0.308 e. The lowest BCUT2D eigenvalue weighted by Crippen LogP contribution is -2.04. The minimum atomic E-state index is -0.365. The quantitative estimate of drug-likeness (QED) is 0.239. The van der Waals surface area contributed by atoms with Crippen LogP contribution in [0.15, 0.2) is 77.3 Å². The third kappa shape index (κ3) is 3.71. The summed E-state index contributed by atoms with van der Waals surface area (Å²) in [7, 11) is 1.65. The molecule has 0 spiro atoms. The second kappa shape index (κ2) is 8.33. The van der Waals surface area contributed by atoms with E-state index < -0.39 is 0 Å². The van der Waals surface area contributed by atoms with E-state index in [2.05, 4.69) is 47.1 Å². The van der Waals surface area contributed by atoms with E-state index in [0.717, 1.165) is 43.1 Å². The first-order valence-corrected chi connectivity index (χ1v) is 10.4. The van der Waals surface area contributed by atoms with Crippen molar-refractivity contribution in [2.24, 2.45) is 0 Å². The molecule has 3 nitrogen and oxygen atoms in total. The van der Waals surface area contributed by atoms with Crippen molar-refractivity contribution in [3.63, 3.8) is 0 Å². The molecule has 0 fully saturated rings. The minimum Gasteiger partial charge on any atom is -0.496 e. The van der Waals surface area contributed by atoms with Gasteiger partial charge in [-0.1, -0.05) is 70.5 Å². The molecule has 0 saturated heterocycles. The van der Waals surface area contributed by atoms with Crippen molar-refractivity contribution in [2.45, 2.75) is 13.8 Å². The number of carbonyl (C=O) groups excluding carboxylic acids is 1. The number of hydrogen-bond donors (Lipinski definition) is 0. The van der Waals surface area contributed by atoms with E-state index in [-0.39, 0.29) is 5.97 Å². The van der Waals surface area contributed by atoms with Crippen LogP contribution in [0.1, 0.15) is 12.5 Å². The van der Waals surface area contributed by atoms with Gasteiger partial charge in [-0.05, 0) is 47.0 Å². The molecule has 0 aliphatic rings. The second-order valence-corrected chi connectivity index (χ2v) is 7.98. The summed E-state index contributed by atoms with van der Waals surface area (Å²) in [4.78, 5) is 12.0. The topological polar surface area (TPSA) is 35.5 Å². The van der Waals surface area contributed by atoms with Crippen LogP contribution in [0.3, 0.4) is 0 Å². The van der Waals surface area contributed by atoms with Crippen LogP contribution in [0.5, 0.6) is 11.5 Å². The Morgan fingerprint density at radius 2 is 1.57 bits per heavy atom. The first-order valence-electron chi connectivity index (χ1n) is 9.63. The number of rotatable bonds is 4. The number of fused-ring (bicyclic) bond motifs is 1. The first-order chi connectivity index (χ1) is 14.5.